The minimum Gasteiger partial charge on any atom is -0.462 e. The predicted molar refractivity (Wildman–Crippen MR) is 245 cm³/mol. The maximum atomic E-state index is 13.1. The van der Waals surface area contributed by atoms with Crippen molar-refractivity contribution in [2.75, 3.05) is 6.61 Å². The second-order valence-electron chi connectivity index (χ2n) is 16.1. The van der Waals surface area contributed by atoms with Crippen molar-refractivity contribution in [3.63, 3.8) is 0 Å². The summed E-state index contributed by atoms with van der Waals surface area (Å²) in [5, 5.41) is 23.6. The number of unbranched alkanes of at least 4 members (excludes halogenated alkanes) is 20. The number of hydrogen-bond donors (Lipinski definition) is 3. The van der Waals surface area contributed by atoms with E-state index in [1.54, 1.807) is 0 Å². The lowest BCUT2D eigenvalue weighted by molar-refractivity contribution is -0.151. The molecule has 0 fully saturated rings. The molecular formula is C51H91NO5. The second kappa shape index (κ2) is 44.7. The summed E-state index contributed by atoms with van der Waals surface area (Å²) >= 11 is 0. The third-order valence-electron chi connectivity index (χ3n) is 10.6. The quantitative estimate of drug-likeness (QED) is 0.0325. The van der Waals surface area contributed by atoms with Crippen molar-refractivity contribution in [1.82, 2.24) is 5.32 Å². The van der Waals surface area contributed by atoms with E-state index >= 15 is 0 Å². The molecule has 0 heterocycles. The molecule has 6 nitrogen and oxygen atoms in total. The fourth-order valence-electron chi connectivity index (χ4n) is 6.99. The van der Waals surface area contributed by atoms with Crippen LogP contribution in [0.4, 0.5) is 0 Å². The summed E-state index contributed by atoms with van der Waals surface area (Å²) < 4.78 is 5.88. The zero-order chi connectivity index (χ0) is 41.7. The van der Waals surface area contributed by atoms with E-state index in [0.717, 1.165) is 77.0 Å². The van der Waals surface area contributed by atoms with E-state index in [-0.39, 0.29) is 24.9 Å². The molecule has 0 rings (SSSR count). The van der Waals surface area contributed by atoms with Gasteiger partial charge in [0, 0.05) is 6.42 Å². The summed E-state index contributed by atoms with van der Waals surface area (Å²) in [4.78, 5) is 26.0. The molecule has 3 atom stereocenters. The lowest BCUT2D eigenvalue weighted by Gasteiger charge is -2.24. The van der Waals surface area contributed by atoms with Gasteiger partial charge in [-0.1, -0.05) is 210 Å². The van der Waals surface area contributed by atoms with Crippen LogP contribution in [-0.4, -0.2) is 46.9 Å². The maximum Gasteiger partial charge on any atom is 0.306 e. The fourth-order valence-corrected chi connectivity index (χ4v) is 6.99. The lowest BCUT2D eigenvalue weighted by atomic mass is 10.0. The monoisotopic (exact) mass is 798 g/mol. The van der Waals surface area contributed by atoms with Gasteiger partial charge in [0.2, 0.25) is 5.91 Å². The Hall–Kier alpha value is -2.44. The molecule has 0 aromatic rings. The molecule has 0 saturated carbocycles. The zero-order valence-electron chi connectivity index (χ0n) is 37.5. The number of aliphatic hydroxyl groups is 2. The van der Waals surface area contributed by atoms with Gasteiger partial charge in [-0.3, -0.25) is 9.59 Å². The number of nitrogens with one attached hydrogen (secondary N) is 1. The average Bonchev–Trinajstić information content (AvgIpc) is 3.20. The van der Waals surface area contributed by atoms with Crippen molar-refractivity contribution in [2.24, 2.45) is 0 Å². The zero-order valence-corrected chi connectivity index (χ0v) is 37.5. The minimum atomic E-state index is -0.795. The molecule has 3 N–H and O–H groups in total. The van der Waals surface area contributed by atoms with Crippen molar-refractivity contribution in [1.29, 1.82) is 0 Å². The molecule has 0 aromatic heterocycles. The van der Waals surface area contributed by atoms with E-state index < -0.39 is 18.2 Å². The first-order valence-electron chi connectivity index (χ1n) is 24.0. The van der Waals surface area contributed by atoms with E-state index in [9.17, 15) is 19.8 Å². The van der Waals surface area contributed by atoms with Gasteiger partial charge in [0.25, 0.3) is 0 Å². The molecule has 0 aromatic carbocycles. The van der Waals surface area contributed by atoms with E-state index in [4.69, 9.17) is 4.74 Å². The number of carbonyl (C=O) groups is 2. The van der Waals surface area contributed by atoms with Crippen LogP contribution in [0.25, 0.3) is 0 Å². The molecule has 0 aliphatic heterocycles. The third-order valence-corrected chi connectivity index (χ3v) is 10.6. The molecule has 0 bridgehead atoms. The highest BCUT2D eigenvalue weighted by molar-refractivity contribution is 5.77. The van der Waals surface area contributed by atoms with Crippen LogP contribution in [0, 0.1) is 0 Å². The van der Waals surface area contributed by atoms with Gasteiger partial charge in [-0.15, -0.1) is 0 Å². The van der Waals surface area contributed by atoms with Crippen molar-refractivity contribution < 1.29 is 24.5 Å². The smallest absolute Gasteiger partial charge is 0.306 e. The van der Waals surface area contributed by atoms with Gasteiger partial charge in [0.1, 0.15) is 6.10 Å². The summed E-state index contributed by atoms with van der Waals surface area (Å²) in [6.45, 7) is 6.33. The van der Waals surface area contributed by atoms with Gasteiger partial charge in [0.05, 0.1) is 25.2 Å². The summed E-state index contributed by atoms with van der Waals surface area (Å²) in [6, 6.07) is -0.710. The molecule has 3 unspecified atom stereocenters. The summed E-state index contributed by atoms with van der Waals surface area (Å²) in [7, 11) is 0. The van der Waals surface area contributed by atoms with Crippen LogP contribution in [0.2, 0.25) is 0 Å². The van der Waals surface area contributed by atoms with Crippen LogP contribution in [0.5, 0.6) is 0 Å². The molecule has 57 heavy (non-hydrogen) atoms. The van der Waals surface area contributed by atoms with Crippen molar-refractivity contribution in [3.8, 4) is 0 Å². The Bertz CT molecular complexity index is 1030. The van der Waals surface area contributed by atoms with Crippen LogP contribution in [0.3, 0.4) is 0 Å². The highest BCUT2D eigenvalue weighted by Crippen LogP contribution is 2.17. The molecule has 6 heteroatoms. The van der Waals surface area contributed by atoms with E-state index in [1.165, 1.54) is 96.3 Å². The van der Waals surface area contributed by atoms with Crippen molar-refractivity contribution in [3.05, 3.63) is 60.8 Å². The molecule has 0 aliphatic carbocycles. The highest BCUT2D eigenvalue weighted by Gasteiger charge is 2.24. The van der Waals surface area contributed by atoms with Gasteiger partial charge < -0.3 is 20.3 Å². The van der Waals surface area contributed by atoms with Gasteiger partial charge >= 0.3 is 5.97 Å². The van der Waals surface area contributed by atoms with E-state index in [0.29, 0.717) is 25.7 Å². The molecule has 0 aliphatic rings. The number of aliphatic hydroxyl groups excluding tert-OH is 2. The number of rotatable bonds is 42. The Morgan fingerprint density at radius 1 is 0.526 bits per heavy atom. The van der Waals surface area contributed by atoms with Crippen LogP contribution in [-0.2, 0) is 14.3 Å². The highest BCUT2D eigenvalue weighted by atomic mass is 16.5. The number of amides is 1. The number of carbonyl (C=O) groups excluding carboxylic acids is 2. The molecule has 0 radical (unpaired) electrons. The molecule has 0 spiro atoms. The minimum absolute atomic E-state index is 0.0553. The van der Waals surface area contributed by atoms with Gasteiger partial charge in [-0.25, -0.2) is 0 Å². The van der Waals surface area contributed by atoms with Gasteiger partial charge in [0.15, 0.2) is 0 Å². The number of allylic oxidation sites excluding steroid dienone is 10. The summed E-state index contributed by atoms with van der Waals surface area (Å²) in [6.07, 6.45) is 54.2. The molecule has 1 amide bonds. The van der Waals surface area contributed by atoms with Gasteiger partial charge in [-0.05, 0) is 64.2 Å². The Balaban J connectivity index is 4.65. The Labute approximate surface area is 352 Å². The normalized spacial score (nSPS) is 13.8. The molecule has 330 valence electrons. The van der Waals surface area contributed by atoms with Crippen molar-refractivity contribution >= 4 is 11.9 Å². The maximum absolute atomic E-state index is 13.1. The van der Waals surface area contributed by atoms with E-state index in [1.807, 2.05) is 0 Å². The Morgan fingerprint density at radius 2 is 0.930 bits per heavy atom. The summed E-state index contributed by atoms with van der Waals surface area (Å²) in [5.41, 5.74) is 0. The second-order valence-corrected chi connectivity index (χ2v) is 16.1. The first-order valence-corrected chi connectivity index (χ1v) is 24.0. The van der Waals surface area contributed by atoms with E-state index in [2.05, 4.69) is 86.8 Å². The SMILES string of the molecule is CC/C=C\C/C=C\C/C=C\C/C=C\C/C=C\CCCC(=O)OC(CCCCCCCCCCCCC)CC(=O)NC(CO)C(O)CCCCCCCCCCCC. The number of hydrogen-bond acceptors (Lipinski definition) is 5. The number of ether oxygens (including phenoxy) is 1. The summed E-state index contributed by atoms with van der Waals surface area (Å²) in [5.74, 6) is -0.543. The lowest BCUT2D eigenvalue weighted by Crippen LogP contribution is -2.46. The Kier molecular flexibility index (Phi) is 42.7. The van der Waals surface area contributed by atoms with Gasteiger partial charge in [-0.2, -0.15) is 0 Å². The number of esters is 1. The predicted octanol–water partition coefficient (Wildman–Crippen LogP) is 14.1. The first kappa shape index (κ1) is 54.6. The van der Waals surface area contributed by atoms with Crippen LogP contribution in [0.15, 0.2) is 60.8 Å². The van der Waals surface area contributed by atoms with Crippen LogP contribution in [0.1, 0.15) is 226 Å². The Morgan fingerprint density at radius 3 is 1.37 bits per heavy atom. The topological polar surface area (TPSA) is 95.9 Å². The van der Waals surface area contributed by atoms with Crippen LogP contribution < -0.4 is 5.32 Å². The standard InChI is InChI=1S/C51H91NO5/c1-4-7-10-13-16-19-22-23-24-25-26-27-29-32-35-38-41-44-51(56)57-47(42-39-36-33-30-28-20-17-14-11-8-5-2)45-50(55)52-48(46-53)49(54)43-40-37-34-31-21-18-15-12-9-6-3/h7,10,16,19,23-24,26-27,32,35,47-49,53-54H,4-6,8-9,11-15,17-18,20-22,25,28-31,33-34,36-46H2,1-3H3,(H,52,55)/b10-7-,19-16-,24-23-,27-26-,35-32-. The average molecular weight is 798 g/mol. The third kappa shape index (κ3) is 40.1. The molecule has 0 saturated heterocycles. The largest absolute Gasteiger partial charge is 0.462 e. The fraction of sp³-hybridized carbons (Fsp3) is 0.765. The van der Waals surface area contributed by atoms with Crippen LogP contribution >= 0.6 is 0 Å². The van der Waals surface area contributed by atoms with Crippen molar-refractivity contribution in [2.45, 2.75) is 244 Å². The first-order chi connectivity index (χ1) is 28.0. The molecular weight excluding hydrogens is 707 g/mol.